The predicted molar refractivity (Wildman–Crippen MR) is 67.9 cm³/mol. The van der Waals surface area contributed by atoms with Crippen LogP contribution in [0.3, 0.4) is 0 Å². The van der Waals surface area contributed by atoms with E-state index in [1.54, 1.807) is 0 Å². The molecular weight excluding hydrogens is 220 g/mol. The Morgan fingerprint density at radius 3 is 2.25 bits per heavy atom. The van der Waals surface area contributed by atoms with Crippen molar-refractivity contribution in [3.8, 4) is 0 Å². The number of fused-ring (bicyclic) bond motifs is 1. The molecule has 2 fully saturated rings. The van der Waals surface area contributed by atoms with Crippen LogP contribution in [0.25, 0.3) is 0 Å². The standard InChI is InChI=1S/C12H20N2OS/c1-12(2,11(13)16)14-10(15)9-7-5-3-4-6-8(7)9/h7-9H,3-6H2,1-2H3,(H2,13,16)(H,14,15). The molecule has 0 saturated heterocycles. The molecule has 0 aromatic heterocycles. The smallest absolute Gasteiger partial charge is 0.224 e. The Kier molecular flexibility index (Phi) is 2.95. The van der Waals surface area contributed by atoms with Gasteiger partial charge in [0.1, 0.15) is 0 Å². The summed E-state index contributed by atoms with van der Waals surface area (Å²) < 4.78 is 0. The van der Waals surface area contributed by atoms with Gasteiger partial charge in [0.05, 0.1) is 10.5 Å². The first-order valence-electron chi connectivity index (χ1n) is 6.05. The van der Waals surface area contributed by atoms with Gasteiger partial charge >= 0.3 is 0 Å². The van der Waals surface area contributed by atoms with Crippen LogP contribution in [0.1, 0.15) is 39.5 Å². The number of rotatable bonds is 3. The molecule has 90 valence electrons. The first kappa shape index (κ1) is 11.8. The number of carbonyl (C=O) groups is 1. The minimum atomic E-state index is -0.557. The zero-order valence-electron chi connectivity index (χ0n) is 9.95. The fraction of sp³-hybridized carbons (Fsp3) is 0.833. The van der Waals surface area contributed by atoms with Crippen molar-refractivity contribution < 1.29 is 4.79 Å². The number of hydrogen-bond acceptors (Lipinski definition) is 2. The van der Waals surface area contributed by atoms with Gasteiger partial charge < -0.3 is 11.1 Å². The largest absolute Gasteiger partial charge is 0.391 e. The van der Waals surface area contributed by atoms with Gasteiger partial charge in [-0.15, -0.1) is 0 Å². The van der Waals surface area contributed by atoms with Gasteiger partial charge in [-0.2, -0.15) is 0 Å². The fourth-order valence-corrected chi connectivity index (χ4v) is 2.89. The topological polar surface area (TPSA) is 55.1 Å². The predicted octanol–water partition coefficient (Wildman–Crippen LogP) is 1.60. The summed E-state index contributed by atoms with van der Waals surface area (Å²) >= 11 is 4.95. The first-order chi connectivity index (χ1) is 7.43. The highest BCUT2D eigenvalue weighted by Crippen LogP contribution is 2.55. The Bertz CT molecular complexity index is 315. The molecule has 0 aliphatic heterocycles. The average molecular weight is 240 g/mol. The minimum Gasteiger partial charge on any atom is -0.391 e. The van der Waals surface area contributed by atoms with E-state index < -0.39 is 5.54 Å². The molecular formula is C12H20N2OS. The molecule has 16 heavy (non-hydrogen) atoms. The summed E-state index contributed by atoms with van der Waals surface area (Å²) in [6, 6.07) is 0. The summed E-state index contributed by atoms with van der Waals surface area (Å²) in [5.41, 5.74) is 5.05. The maximum Gasteiger partial charge on any atom is 0.224 e. The third-order valence-electron chi connectivity index (χ3n) is 4.01. The van der Waals surface area contributed by atoms with E-state index in [-0.39, 0.29) is 11.8 Å². The van der Waals surface area contributed by atoms with Gasteiger partial charge in [0.2, 0.25) is 5.91 Å². The van der Waals surface area contributed by atoms with E-state index in [0.717, 1.165) is 0 Å². The molecule has 2 unspecified atom stereocenters. The van der Waals surface area contributed by atoms with Crippen LogP contribution in [0, 0.1) is 17.8 Å². The van der Waals surface area contributed by atoms with Crippen molar-refractivity contribution in [1.29, 1.82) is 0 Å². The molecule has 2 saturated carbocycles. The lowest BCUT2D eigenvalue weighted by atomic mass is 10.0. The van der Waals surface area contributed by atoms with Crippen LogP contribution >= 0.6 is 12.2 Å². The summed E-state index contributed by atoms with van der Waals surface area (Å²) in [4.78, 5) is 12.4. The fourth-order valence-electron chi connectivity index (χ4n) is 2.83. The van der Waals surface area contributed by atoms with E-state index >= 15 is 0 Å². The van der Waals surface area contributed by atoms with Crippen molar-refractivity contribution in [3.63, 3.8) is 0 Å². The zero-order chi connectivity index (χ0) is 11.9. The molecule has 0 heterocycles. The molecule has 2 rings (SSSR count). The van der Waals surface area contributed by atoms with Crippen LogP contribution in [0.5, 0.6) is 0 Å². The minimum absolute atomic E-state index is 0.148. The van der Waals surface area contributed by atoms with E-state index in [1.807, 2.05) is 13.8 Å². The lowest BCUT2D eigenvalue weighted by Crippen LogP contribution is -2.52. The number of hydrogen-bond donors (Lipinski definition) is 2. The van der Waals surface area contributed by atoms with Crippen molar-refractivity contribution in [3.05, 3.63) is 0 Å². The molecule has 2 atom stereocenters. The van der Waals surface area contributed by atoms with E-state index in [0.29, 0.717) is 16.8 Å². The summed E-state index contributed by atoms with van der Waals surface area (Å²) in [7, 11) is 0. The highest BCUT2D eigenvalue weighted by molar-refractivity contribution is 7.80. The average Bonchev–Trinajstić information content (AvgIpc) is 2.90. The monoisotopic (exact) mass is 240 g/mol. The number of nitrogens with one attached hydrogen (secondary N) is 1. The Balaban J connectivity index is 1.92. The molecule has 2 aliphatic rings. The highest BCUT2D eigenvalue weighted by Gasteiger charge is 2.55. The molecule has 0 spiro atoms. The molecule has 0 aromatic rings. The molecule has 3 N–H and O–H groups in total. The van der Waals surface area contributed by atoms with Gasteiger partial charge in [-0.1, -0.05) is 25.1 Å². The van der Waals surface area contributed by atoms with Crippen LogP contribution in [-0.2, 0) is 4.79 Å². The van der Waals surface area contributed by atoms with Gasteiger partial charge in [-0.05, 0) is 38.5 Å². The SMILES string of the molecule is CC(C)(NC(=O)C1C2CCCCC21)C(N)=S. The molecule has 0 radical (unpaired) electrons. The van der Waals surface area contributed by atoms with Crippen LogP contribution in [0.2, 0.25) is 0 Å². The quantitative estimate of drug-likeness (QED) is 0.737. The van der Waals surface area contributed by atoms with Gasteiger partial charge in [0.15, 0.2) is 0 Å². The Morgan fingerprint density at radius 2 is 1.81 bits per heavy atom. The van der Waals surface area contributed by atoms with E-state index in [2.05, 4.69) is 5.32 Å². The number of amides is 1. The van der Waals surface area contributed by atoms with Crippen molar-refractivity contribution in [2.75, 3.05) is 0 Å². The second kappa shape index (κ2) is 3.99. The van der Waals surface area contributed by atoms with Gasteiger partial charge in [-0.25, -0.2) is 0 Å². The van der Waals surface area contributed by atoms with Crippen molar-refractivity contribution >= 4 is 23.1 Å². The third kappa shape index (κ3) is 2.08. The lowest BCUT2D eigenvalue weighted by Gasteiger charge is -2.24. The molecule has 3 nitrogen and oxygen atoms in total. The normalized spacial score (nSPS) is 32.8. The molecule has 0 bridgehead atoms. The van der Waals surface area contributed by atoms with Crippen molar-refractivity contribution in [2.24, 2.45) is 23.5 Å². The first-order valence-corrected chi connectivity index (χ1v) is 6.46. The molecule has 2 aliphatic carbocycles. The van der Waals surface area contributed by atoms with Crippen LogP contribution in [0.15, 0.2) is 0 Å². The number of thiocarbonyl (C=S) groups is 1. The molecule has 0 aromatic carbocycles. The van der Waals surface area contributed by atoms with Gasteiger partial charge in [-0.3, -0.25) is 4.79 Å². The third-order valence-corrected chi connectivity index (χ3v) is 4.52. The second-order valence-electron chi connectivity index (χ2n) is 5.62. The summed E-state index contributed by atoms with van der Waals surface area (Å²) in [6.45, 7) is 3.72. The van der Waals surface area contributed by atoms with Crippen LogP contribution < -0.4 is 11.1 Å². The second-order valence-corrected chi connectivity index (χ2v) is 6.06. The lowest BCUT2D eigenvalue weighted by molar-refractivity contribution is -0.123. The van der Waals surface area contributed by atoms with Crippen LogP contribution in [0.4, 0.5) is 0 Å². The van der Waals surface area contributed by atoms with Crippen molar-refractivity contribution in [1.82, 2.24) is 5.32 Å². The number of nitrogens with two attached hydrogens (primary N) is 1. The summed E-state index contributed by atoms with van der Waals surface area (Å²) in [5.74, 6) is 1.65. The Morgan fingerprint density at radius 1 is 1.31 bits per heavy atom. The molecule has 4 heteroatoms. The number of carbonyl (C=O) groups excluding carboxylic acids is 1. The Labute approximate surface area is 102 Å². The van der Waals surface area contributed by atoms with Gasteiger partial charge in [0.25, 0.3) is 0 Å². The molecule has 1 amide bonds. The van der Waals surface area contributed by atoms with Crippen molar-refractivity contribution in [2.45, 2.75) is 45.1 Å². The van der Waals surface area contributed by atoms with Crippen LogP contribution in [-0.4, -0.2) is 16.4 Å². The maximum absolute atomic E-state index is 12.1. The van der Waals surface area contributed by atoms with E-state index in [1.165, 1.54) is 25.7 Å². The van der Waals surface area contributed by atoms with E-state index in [4.69, 9.17) is 18.0 Å². The van der Waals surface area contributed by atoms with E-state index in [9.17, 15) is 4.79 Å². The maximum atomic E-state index is 12.1. The summed E-state index contributed by atoms with van der Waals surface area (Å²) in [6.07, 6.45) is 5.00. The summed E-state index contributed by atoms with van der Waals surface area (Å²) in [5, 5.41) is 2.97. The highest BCUT2D eigenvalue weighted by atomic mass is 32.1. The zero-order valence-corrected chi connectivity index (χ0v) is 10.8. The Hall–Kier alpha value is -0.640. The van der Waals surface area contributed by atoms with Gasteiger partial charge in [0, 0.05) is 5.92 Å².